The van der Waals surface area contributed by atoms with E-state index in [1.807, 2.05) is 42.5 Å². The first-order valence-electron chi connectivity index (χ1n) is 15.1. The molecule has 1 saturated heterocycles. The fourth-order valence-electron chi connectivity index (χ4n) is 5.72. The van der Waals surface area contributed by atoms with Gasteiger partial charge in [-0.15, -0.1) is 0 Å². The zero-order valence-electron chi connectivity index (χ0n) is 24.3. The lowest BCUT2D eigenvalue weighted by Crippen LogP contribution is -2.36. The van der Waals surface area contributed by atoms with Crippen LogP contribution in [-0.2, 0) is 25.7 Å². The largest absolute Gasteiger partial charge is 0.481 e. The van der Waals surface area contributed by atoms with Gasteiger partial charge in [0.05, 0.1) is 47.1 Å². The number of carboxylic acids is 1. The maximum atomic E-state index is 13.6. The SMILES string of the molecule is O=C(O)CC(c1ccc(Cl)c(Cl)c1)N(Cc1cccc(-c2ccc(N3CCOCC3)c(NC(=O)C3CC3)c2)c1)C(=O)C1CC1. The molecule has 3 aromatic rings. The Labute approximate surface area is 266 Å². The van der Waals surface area contributed by atoms with Gasteiger partial charge in [0.1, 0.15) is 0 Å². The molecule has 6 rings (SSSR count). The van der Waals surface area contributed by atoms with Crippen molar-refractivity contribution < 1.29 is 24.2 Å². The highest BCUT2D eigenvalue weighted by Gasteiger charge is 2.38. The lowest BCUT2D eigenvalue weighted by molar-refractivity contribution is -0.142. The van der Waals surface area contributed by atoms with Crippen molar-refractivity contribution in [3.05, 3.63) is 81.8 Å². The van der Waals surface area contributed by atoms with Crippen molar-refractivity contribution in [2.24, 2.45) is 11.8 Å². The third-order valence-electron chi connectivity index (χ3n) is 8.45. The number of halogens is 2. The molecule has 0 bridgehead atoms. The van der Waals surface area contributed by atoms with Gasteiger partial charge in [-0.25, -0.2) is 0 Å². The molecule has 44 heavy (non-hydrogen) atoms. The summed E-state index contributed by atoms with van der Waals surface area (Å²) in [5.41, 5.74) is 5.11. The summed E-state index contributed by atoms with van der Waals surface area (Å²) in [6, 6.07) is 18.3. The molecular formula is C34H35Cl2N3O5. The molecule has 3 aliphatic rings. The second-order valence-corrected chi connectivity index (χ2v) is 12.6. The molecule has 1 heterocycles. The lowest BCUT2D eigenvalue weighted by atomic mass is 9.98. The van der Waals surface area contributed by atoms with Crippen molar-refractivity contribution in [2.45, 2.75) is 44.7 Å². The van der Waals surface area contributed by atoms with E-state index in [2.05, 4.69) is 10.2 Å². The van der Waals surface area contributed by atoms with Gasteiger partial charge >= 0.3 is 5.97 Å². The molecule has 3 aromatic carbocycles. The van der Waals surface area contributed by atoms with Gasteiger partial charge in [0, 0.05) is 31.5 Å². The summed E-state index contributed by atoms with van der Waals surface area (Å²) in [4.78, 5) is 42.3. The summed E-state index contributed by atoms with van der Waals surface area (Å²) in [5.74, 6) is -1.06. The summed E-state index contributed by atoms with van der Waals surface area (Å²) < 4.78 is 5.54. The topological polar surface area (TPSA) is 99.2 Å². The number of hydrogen-bond donors (Lipinski definition) is 2. The Morgan fingerprint density at radius 2 is 1.64 bits per heavy atom. The van der Waals surface area contributed by atoms with E-state index in [9.17, 15) is 19.5 Å². The number of carboxylic acid groups (broad SMARTS) is 1. The standard InChI is InChI=1S/C34H35Cl2N3O5/c35-27-10-8-26(17-28(27)36)31(19-32(40)41)39(34(43)23-6-7-23)20-21-2-1-3-24(16-21)25-9-11-30(38-12-14-44-15-13-38)29(18-25)37-33(42)22-4-5-22/h1-3,8-11,16-18,22-23,31H,4-7,12-15,19-20H2,(H,37,42)(H,40,41). The van der Waals surface area contributed by atoms with E-state index in [0.29, 0.717) is 28.8 Å². The van der Waals surface area contributed by atoms with Crippen molar-refractivity contribution >= 4 is 52.4 Å². The van der Waals surface area contributed by atoms with Gasteiger partial charge in [-0.2, -0.15) is 0 Å². The van der Waals surface area contributed by atoms with Gasteiger partial charge < -0.3 is 25.0 Å². The molecule has 10 heteroatoms. The normalized spacial score (nSPS) is 17.2. The quantitative estimate of drug-likeness (QED) is 0.240. The number of ether oxygens (including phenoxy) is 1. The Morgan fingerprint density at radius 3 is 2.32 bits per heavy atom. The summed E-state index contributed by atoms with van der Waals surface area (Å²) in [6.07, 6.45) is 3.16. The first-order valence-corrected chi connectivity index (χ1v) is 15.9. The monoisotopic (exact) mass is 635 g/mol. The highest BCUT2D eigenvalue weighted by molar-refractivity contribution is 6.42. The minimum absolute atomic E-state index is 0.0476. The molecule has 1 aliphatic heterocycles. The first kappa shape index (κ1) is 30.4. The van der Waals surface area contributed by atoms with Crippen LogP contribution in [-0.4, -0.2) is 54.1 Å². The van der Waals surface area contributed by atoms with Crippen LogP contribution in [0.2, 0.25) is 10.0 Å². The Hall–Kier alpha value is -3.59. The number of nitrogens with zero attached hydrogens (tertiary/aromatic N) is 2. The van der Waals surface area contributed by atoms with Gasteiger partial charge in [0.2, 0.25) is 11.8 Å². The van der Waals surface area contributed by atoms with Gasteiger partial charge in [-0.05, 0) is 78.3 Å². The van der Waals surface area contributed by atoms with Gasteiger partial charge in [0.15, 0.2) is 0 Å². The fourth-order valence-corrected chi connectivity index (χ4v) is 6.03. The van der Waals surface area contributed by atoms with E-state index in [0.717, 1.165) is 66.8 Å². The van der Waals surface area contributed by atoms with Crippen molar-refractivity contribution in [1.29, 1.82) is 0 Å². The molecule has 2 N–H and O–H groups in total. The maximum Gasteiger partial charge on any atom is 0.305 e. The number of benzene rings is 3. The second-order valence-electron chi connectivity index (χ2n) is 11.8. The molecule has 1 unspecified atom stereocenters. The predicted molar refractivity (Wildman–Crippen MR) is 171 cm³/mol. The zero-order chi connectivity index (χ0) is 30.8. The van der Waals surface area contributed by atoms with Crippen LogP contribution in [0.1, 0.15) is 49.3 Å². The molecule has 0 spiro atoms. The predicted octanol–water partition coefficient (Wildman–Crippen LogP) is 6.80. The summed E-state index contributed by atoms with van der Waals surface area (Å²) in [6.45, 7) is 3.02. The number of carbonyl (C=O) groups is 3. The highest BCUT2D eigenvalue weighted by atomic mass is 35.5. The smallest absolute Gasteiger partial charge is 0.305 e. The third-order valence-corrected chi connectivity index (χ3v) is 9.19. The number of anilines is 2. The molecule has 3 fully saturated rings. The van der Waals surface area contributed by atoms with E-state index >= 15 is 0 Å². The van der Waals surface area contributed by atoms with E-state index in [4.69, 9.17) is 27.9 Å². The van der Waals surface area contributed by atoms with Crippen molar-refractivity contribution in [3.63, 3.8) is 0 Å². The number of nitrogens with one attached hydrogen (secondary N) is 1. The van der Waals surface area contributed by atoms with Gasteiger partial charge in [-0.1, -0.05) is 53.5 Å². The third kappa shape index (κ3) is 7.20. The molecule has 0 radical (unpaired) electrons. The maximum absolute atomic E-state index is 13.6. The molecule has 8 nitrogen and oxygen atoms in total. The number of aliphatic carboxylic acids is 1. The fraction of sp³-hybridized carbons (Fsp3) is 0.382. The summed E-state index contributed by atoms with van der Waals surface area (Å²) in [5, 5.41) is 13.7. The number of carbonyl (C=O) groups excluding carboxylic acids is 2. The molecule has 2 saturated carbocycles. The van der Waals surface area contributed by atoms with Crippen molar-refractivity contribution in [1.82, 2.24) is 4.90 Å². The molecule has 2 amide bonds. The second kappa shape index (κ2) is 13.2. The summed E-state index contributed by atoms with van der Waals surface area (Å²) >= 11 is 12.5. The minimum atomic E-state index is -1.01. The van der Waals surface area contributed by atoms with Crippen LogP contribution in [0.3, 0.4) is 0 Å². The number of hydrogen-bond acceptors (Lipinski definition) is 5. The van der Waals surface area contributed by atoms with E-state index < -0.39 is 12.0 Å². The Balaban J connectivity index is 1.31. The molecule has 1 atom stereocenters. The molecule has 2 aliphatic carbocycles. The van der Waals surface area contributed by atoms with E-state index in [1.165, 1.54) is 0 Å². The van der Waals surface area contributed by atoms with Crippen LogP contribution in [0, 0.1) is 11.8 Å². The highest BCUT2D eigenvalue weighted by Crippen LogP contribution is 2.39. The average Bonchev–Trinajstić information content (AvgIpc) is 3.94. The summed E-state index contributed by atoms with van der Waals surface area (Å²) in [7, 11) is 0. The first-order chi connectivity index (χ1) is 21.3. The van der Waals surface area contributed by atoms with Crippen molar-refractivity contribution in [2.75, 3.05) is 36.5 Å². The Morgan fingerprint density at radius 1 is 0.909 bits per heavy atom. The molecule has 0 aromatic heterocycles. The zero-order valence-corrected chi connectivity index (χ0v) is 25.8. The lowest BCUT2D eigenvalue weighted by Gasteiger charge is -2.32. The van der Waals surface area contributed by atoms with Crippen molar-refractivity contribution in [3.8, 4) is 11.1 Å². The number of amides is 2. The number of rotatable bonds is 11. The average molecular weight is 637 g/mol. The van der Waals surface area contributed by atoms with Crippen LogP contribution < -0.4 is 10.2 Å². The van der Waals surface area contributed by atoms with Crippen LogP contribution in [0.15, 0.2) is 60.7 Å². The number of morpholine rings is 1. The van der Waals surface area contributed by atoms with Crippen LogP contribution in [0.5, 0.6) is 0 Å². The molecule has 230 valence electrons. The Bertz CT molecular complexity index is 1570. The van der Waals surface area contributed by atoms with Crippen LogP contribution in [0.4, 0.5) is 11.4 Å². The van der Waals surface area contributed by atoms with E-state index in [-0.39, 0.29) is 36.6 Å². The molecular weight excluding hydrogens is 601 g/mol. The Kier molecular flexibility index (Phi) is 9.12. The van der Waals surface area contributed by atoms with Crippen LogP contribution in [0.25, 0.3) is 11.1 Å². The van der Waals surface area contributed by atoms with E-state index in [1.54, 1.807) is 23.1 Å². The van der Waals surface area contributed by atoms with Gasteiger partial charge in [-0.3, -0.25) is 14.4 Å². The van der Waals surface area contributed by atoms with Gasteiger partial charge in [0.25, 0.3) is 0 Å². The minimum Gasteiger partial charge on any atom is -0.481 e. The van der Waals surface area contributed by atoms with Crippen LogP contribution >= 0.6 is 23.2 Å².